The van der Waals surface area contributed by atoms with Gasteiger partial charge in [-0.15, -0.1) is 0 Å². The summed E-state index contributed by atoms with van der Waals surface area (Å²) in [6.07, 6.45) is 0.625. The monoisotopic (exact) mass is 465 g/mol. The van der Waals surface area contributed by atoms with Crippen molar-refractivity contribution >= 4 is 17.3 Å². The third kappa shape index (κ3) is 3.27. The highest BCUT2D eigenvalue weighted by Crippen LogP contribution is 2.55. The first kappa shape index (κ1) is 22.5. The van der Waals surface area contributed by atoms with Crippen molar-refractivity contribution in [2.45, 2.75) is 25.7 Å². The zero-order valence-electron chi connectivity index (χ0n) is 19.9. The van der Waals surface area contributed by atoms with Gasteiger partial charge in [-0.1, -0.05) is 61.5 Å². The molecule has 4 aromatic carbocycles. The molecule has 35 heavy (non-hydrogen) atoms. The van der Waals surface area contributed by atoms with E-state index >= 15 is 0 Å². The summed E-state index contributed by atoms with van der Waals surface area (Å²) in [5, 5.41) is 21.7. The van der Waals surface area contributed by atoms with Crippen LogP contribution in [0.4, 0.5) is 11.4 Å². The topological polar surface area (TPSA) is 70.0 Å². The highest BCUT2D eigenvalue weighted by atomic mass is 16.5. The number of phenols is 2. The Labute approximate surface area is 204 Å². The minimum atomic E-state index is -1.31. The molecule has 0 radical (unpaired) electrons. The lowest BCUT2D eigenvalue weighted by atomic mass is 9.69. The summed E-state index contributed by atoms with van der Waals surface area (Å²) in [7, 11) is 1.59. The Morgan fingerprint density at radius 2 is 1.63 bits per heavy atom. The second-order valence-electron chi connectivity index (χ2n) is 8.78. The number of amides is 1. The average molecular weight is 466 g/mol. The van der Waals surface area contributed by atoms with Crippen LogP contribution in [-0.4, -0.2) is 23.2 Å². The molecule has 0 fully saturated rings. The van der Waals surface area contributed by atoms with Gasteiger partial charge in [0.25, 0.3) is 5.91 Å². The van der Waals surface area contributed by atoms with Crippen LogP contribution < -0.4 is 9.64 Å². The van der Waals surface area contributed by atoms with Crippen LogP contribution in [0.15, 0.2) is 84.9 Å². The van der Waals surface area contributed by atoms with Gasteiger partial charge >= 0.3 is 0 Å². The molecule has 1 heterocycles. The number of nitrogens with zero attached hydrogens (tertiary/aromatic N) is 1. The van der Waals surface area contributed by atoms with E-state index in [-0.39, 0.29) is 17.4 Å². The van der Waals surface area contributed by atoms with Crippen LogP contribution in [0, 0.1) is 6.92 Å². The summed E-state index contributed by atoms with van der Waals surface area (Å²) in [6, 6.07) is 25.8. The molecule has 4 aromatic rings. The molecule has 0 saturated heterocycles. The molecule has 5 rings (SSSR count). The zero-order chi connectivity index (χ0) is 24.7. The fourth-order valence-corrected chi connectivity index (χ4v) is 5.15. The van der Waals surface area contributed by atoms with E-state index in [1.54, 1.807) is 31.1 Å². The molecule has 1 aliphatic rings. The van der Waals surface area contributed by atoms with Crippen molar-refractivity contribution in [2.75, 3.05) is 12.0 Å². The Balaban J connectivity index is 1.89. The molecule has 176 valence electrons. The molecule has 1 unspecified atom stereocenters. The van der Waals surface area contributed by atoms with Crippen molar-refractivity contribution in [3.8, 4) is 17.2 Å². The number of aryl methyl sites for hydroxylation is 2. The second kappa shape index (κ2) is 8.51. The van der Waals surface area contributed by atoms with E-state index in [0.717, 1.165) is 16.8 Å². The smallest absolute Gasteiger partial charge is 0.251 e. The number of aromatic hydroxyl groups is 2. The number of phenolic OH excluding ortho intramolecular Hbond substituents is 2. The van der Waals surface area contributed by atoms with Gasteiger partial charge in [-0.25, -0.2) is 0 Å². The normalized spacial score (nSPS) is 16.9. The van der Waals surface area contributed by atoms with Crippen LogP contribution in [0.25, 0.3) is 0 Å². The van der Waals surface area contributed by atoms with Crippen molar-refractivity contribution in [1.29, 1.82) is 0 Å². The van der Waals surface area contributed by atoms with Gasteiger partial charge in [0.05, 0.1) is 18.5 Å². The minimum absolute atomic E-state index is 0.108. The van der Waals surface area contributed by atoms with Gasteiger partial charge in [0.1, 0.15) is 22.7 Å². The van der Waals surface area contributed by atoms with Crippen LogP contribution in [0.1, 0.15) is 34.7 Å². The van der Waals surface area contributed by atoms with Crippen LogP contribution in [-0.2, 0) is 16.6 Å². The number of methoxy groups -OCH3 is 1. The molecule has 1 aliphatic heterocycles. The van der Waals surface area contributed by atoms with Crippen molar-refractivity contribution < 1.29 is 19.7 Å². The summed E-state index contributed by atoms with van der Waals surface area (Å²) in [5.74, 6) is 0.692. The largest absolute Gasteiger partial charge is 0.508 e. The quantitative estimate of drug-likeness (QED) is 0.380. The molecule has 2 N–H and O–H groups in total. The van der Waals surface area contributed by atoms with E-state index in [2.05, 4.69) is 0 Å². The molecule has 0 spiro atoms. The SMILES string of the molecule is CCc1cccc(C2(c3ccc(O)c(C)c3)C(=O)N(c3cccc(OC)c3)c3ccccc32)c1O. The summed E-state index contributed by atoms with van der Waals surface area (Å²) < 4.78 is 5.43. The van der Waals surface area contributed by atoms with Gasteiger partial charge in [0, 0.05) is 17.2 Å². The number of rotatable bonds is 5. The second-order valence-corrected chi connectivity index (χ2v) is 8.78. The Morgan fingerprint density at radius 1 is 0.886 bits per heavy atom. The summed E-state index contributed by atoms with van der Waals surface area (Å²) in [4.78, 5) is 16.4. The Morgan fingerprint density at radius 3 is 2.37 bits per heavy atom. The average Bonchev–Trinajstić information content (AvgIpc) is 3.14. The van der Waals surface area contributed by atoms with E-state index in [9.17, 15) is 15.0 Å². The molecular weight excluding hydrogens is 438 g/mol. The summed E-state index contributed by atoms with van der Waals surface area (Å²) >= 11 is 0. The molecule has 0 aromatic heterocycles. The number of para-hydroxylation sites is 2. The van der Waals surface area contributed by atoms with Crippen LogP contribution in [0.2, 0.25) is 0 Å². The lowest BCUT2D eigenvalue weighted by Gasteiger charge is -2.32. The molecule has 5 heteroatoms. The Hall–Kier alpha value is -4.25. The Bertz CT molecular complexity index is 1440. The first-order valence-corrected chi connectivity index (χ1v) is 11.6. The lowest BCUT2D eigenvalue weighted by molar-refractivity contribution is -0.120. The molecule has 1 atom stereocenters. The van der Waals surface area contributed by atoms with E-state index in [4.69, 9.17) is 4.74 Å². The van der Waals surface area contributed by atoms with E-state index < -0.39 is 5.41 Å². The molecule has 0 bridgehead atoms. The lowest BCUT2D eigenvalue weighted by Crippen LogP contribution is -2.40. The number of hydrogen-bond donors (Lipinski definition) is 2. The van der Waals surface area contributed by atoms with Gasteiger partial charge < -0.3 is 14.9 Å². The predicted octanol–water partition coefficient (Wildman–Crippen LogP) is 5.99. The highest BCUT2D eigenvalue weighted by molar-refractivity contribution is 6.17. The van der Waals surface area contributed by atoms with Gasteiger partial charge in [0.15, 0.2) is 0 Å². The third-order valence-corrected chi connectivity index (χ3v) is 6.92. The van der Waals surface area contributed by atoms with Crippen LogP contribution in [0.5, 0.6) is 17.2 Å². The number of carbonyl (C=O) groups is 1. The number of hydrogen-bond acceptors (Lipinski definition) is 4. The highest BCUT2D eigenvalue weighted by Gasteiger charge is 2.55. The number of benzene rings is 4. The summed E-state index contributed by atoms with van der Waals surface area (Å²) in [5.41, 5.74) is 3.47. The van der Waals surface area contributed by atoms with E-state index in [1.165, 1.54) is 0 Å². The van der Waals surface area contributed by atoms with Gasteiger partial charge in [-0.05, 0) is 54.3 Å². The van der Waals surface area contributed by atoms with Gasteiger partial charge in [0.2, 0.25) is 0 Å². The maximum Gasteiger partial charge on any atom is 0.251 e. The maximum absolute atomic E-state index is 14.7. The standard InChI is InChI=1S/C30H27NO4/c1-4-20-9-7-13-25(28(20)33)30(21-15-16-27(32)19(2)17-21)24-12-5-6-14-26(24)31(29(30)34)22-10-8-11-23(18-22)35-3/h5-18,32-33H,4H2,1-3H3. The first-order chi connectivity index (χ1) is 16.9. The van der Waals surface area contributed by atoms with E-state index in [0.29, 0.717) is 34.5 Å². The predicted molar refractivity (Wildman–Crippen MR) is 137 cm³/mol. The minimum Gasteiger partial charge on any atom is -0.508 e. The molecule has 5 nitrogen and oxygen atoms in total. The van der Waals surface area contributed by atoms with Crippen molar-refractivity contribution in [2.24, 2.45) is 0 Å². The maximum atomic E-state index is 14.7. The number of carbonyl (C=O) groups excluding carboxylic acids is 1. The first-order valence-electron chi connectivity index (χ1n) is 11.6. The Kier molecular flexibility index (Phi) is 5.48. The van der Waals surface area contributed by atoms with Crippen LogP contribution in [0.3, 0.4) is 0 Å². The fraction of sp³-hybridized carbons (Fsp3) is 0.167. The van der Waals surface area contributed by atoms with E-state index in [1.807, 2.05) is 79.7 Å². The number of anilines is 2. The molecular formula is C30H27NO4. The molecule has 0 saturated carbocycles. The van der Waals surface area contributed by atoms with Crippen molar-refractivity contribution in [3.05, 3.63) is 113 Å². The van der Waals surface area contributed by atoms with Gasteiger partial charge in [-0.2, -0.15) is 0 Å². The molecule has 0 aliphatic carbocycles. The zero-order valence-corrected chi connectivity index (χ0v) is 19.9. The van der Waals surface area contributed by atoms with Crippen molar-refractivity contribution in [3.63, 3.8) is 0 Å². The molecule has 1 amide bonds. The summed E-state index contributed by atoms with van der Waals surface area (Å²) in [6.45, 7) is 3.78. The fourth-order valence-electron chi connectivity index (χ4n) is 5.15. The number of fused-ring (bicyclic) bond motifs is 1. The number of ether oxygens (including phenoxy) is 1. The third-order valence-electron chi connectivity index (χ3n) is 6.92. The van der Waals surface area contributed by atoms with Crippen LogP contribution >= 0.6 is 0 Å². The van der Waals surface area contributed by atoms with Crippen molar-refractivity contribution in [1.82, 2.24) is 0 Å². The van der Waals surface area contributed by atoms with Gasteiger partial charge in [-0.3, -0.25) is 9.69 Å².